The van der Waals surface area contributed by atoms with Gasteiger partial charge < -0.3 is 14.7 Å². The molecule has 2 rings (SSSR count). The molecule has 1 saturated heterocycles. The molecule has 1 aliphatic heterocycles. The average Bonchev–Trinajstić information content (AvgIpc) is 2.55. The van der Waals surface area contributed by atoms with Gasteiger partial charge in [0.2, 0.25) is 0 Å². The molecule has 1 heterocycles. The first-order valence-corrected chi connectivity index (χ1v) is 7.23. The number of piperidine rings is 1. The van der Waals surface area contributed by atoms with Gasteiger partial charge in [-0.3, -0.25) is 0 Å². The third-order valence-corrected chi connectivity index (χ3v) is 4.41. The summed E-state index contributed by atoms with van der Waals surface area (Å²) >= 11 is 0. The summed E-state index contributed by atoms with van der Waals surface area (Å²) in [5, 5.41) is 10.1. The quantitative estimate of drug-likeness (QED) is 0.768. The molecule has 0 aromatic rings. The lowest BCUT2D eigenvalue weighted by atomic mass is 9.95. The Labute approximate surface area is 105 Å². The fourth-order valence-electron chi connectivity index (χ4n) is 3.28. The summed E-state index contributed by atoms with van der Waals surface area (Å²) in [5.74, 6) is 0.494. The number of hydrogen-bond acceptors (Lipinski definition) is 3. The lowest BCUT2D eigenvalue weighted by Crippen LogP contribution is -2.43. The first-order valence-electron chi connectivity index (χ1n) is 7.23. The fraction of sp³-hybridized carbons (Fsp3) is 1.00. The first kappa shape index (κ1) is 13.3. The second-order valence-corrected chi connectivity index (χ2v) is 5.72. The number of likely N-dealkylation sites (tertiary alicyclic amines) is 1. The molecule has 3 nitrogen and oxygen atoms in total. The number of aliphatic hydroxyl groups excluding tert-OH is 1. The Morgan fingerprint density at radius 2 is 1.94 bits per heavy atom. The first-order chi connectivity index (χ1) is 8.29. The van der Waals surface area contributed by atoms with Crippen LogP contribution >= 0.6 is 0 Å². The van der Waals surface area contributed by atoms with Gasteiger partial charge in [-0.15, -0.1) is 0 Å². The Kier molecular flexibility index (Phi) is 5.26. The minimum absolute atomic E-state index is 0.0691. The number of rotatable bonds is 3. The van der Waals surface area contributed by atoms with Gasteiger partial charge in [0.1, 0.15) is 0 Å². The van der Waals surface area contributed by atoms with Gasteiger partial charge in [0.05, 0.1) is 12.2 Å². The van der Waals surface area contributed by atoms with E-state index in [4.69, 9.17) is 4.74 Å². The SMILES string of the molecule is COC1CCCN(CC2CCCCCC2O)C1. The third kappa shape index (κ3) is 3.94. The predicted molar refractivity (Wildman–Crippen MR) is 69.1 cm³/mol. The molecule has 0 aromatic heterocycles. The molecule has 0 bridgehead atoms. The van der Waals surface area contributed by atoms with Crippen molar-refractivity contribution in [2.24, 2.45) is 5.92 Å². The molecule has 1 saturated carbocycles. The molecular formula is C14H27NO2. The van der Waals surface area contributed by atoms with Crippen LogP contribution in [0.1, 0.15) is 44.9 Å². The molecule has 0 amide bonds. The normalized spacial score (nSPS) is 36.7. The van der Waals surface area contributed by atoms with Crippen LogP contribution in [0.3, 0.4) is 0 Å². The molecule has 3 atom stereocenters. The van der Waals surface area contributed by atoms with E-state index < -0.39 is 0 Å². The maximum atomic E-state index is 10.1. The van der Waals surface area contributed by atoms with Gasteiger partial charge in [-0.1, -0.05) is 19.3 Å². The number of hydrogen-bond donors (Lipinski definition) is 1. The van der Waals surface area contributed by atoms with Crippen LogP contribution in [0, 0.1) is 5.92 Å². The van der Waals surface area contributed by atoms with Crippen LogP contribution in [0.5, 0.6) is 0 Å². The molecule has 0 spiro atoms. The van der Waals surface area contributed by atoms with E-state index in [0.29, 0.717) is 12.0 Å². The van der Waals surface area contributed by atoms with Crippen molar-refractivity contribution >= 4 is 0 Å². The largest absolute Gasteiger partial charge is 0.393 e. The summed E-state index contributed by atoms with van der Waals surface area (Å²) in [7, 11) is 1.81. The van der Waals surface area contributed by atoms with Crippen molar-refractivity contribution in [1.82, 2.24) is 4.90 Å². The van der Waals surface area contributed by atoms with Crippen LogP contribution in [0.15, 0.2) is 0 Å². The number of nitrogens with zero attached hydrogens (tertiary/aromatic N) is 1. The molecular weight excluding hydrogens is 214 g/mol. The second kappa shape index (κ2) is 6.72. The van der Waals surface area contributed by atoms with Crippen molar-refractivity contribution in [3.63, 3.8) is 0 Å². The maximum Gasteiger partial charge on any atom is 0.0698 e. The lowest BCUT2D eigenvalue weighted by molar-refractivity contribution is 0.00973. The smallest absolute Gasteiger partial charge is 0.0698 e. The van der Waals surface area contributed by atoms with Gasteiger partial charge in [-0.2, -0.15) is 0 Å². The van der Waals surface area contributed by atoms with Gasteiger partial charge >= 0.3 is 0 Å². The molecule has 3 heteroatoms. The van der Waals surface area contributed by atoms with Crippen LogP contribution in [-0.4, -0.2) is 49.0 Å². The van der Waals surface area contributed by atoms with Crippen LogP contribution in [-0.2, 0) is 4.74 Å². The fourth-order valence-corrected chi connectivity index (χ4v) is 3.28. The minimum Gasteiger partial charge on any atom is -0.393 e. The molecule has 1 N–H and O–H groups in total. The summed E-state index contributed by atoms with van der Waals surface area (Å²) in [4.78, 5) is 2.50. The van der Waals surface area contributed by atoms with E-state index in [1.54, 1.807) is 0 Å². The van der Waals surface area contributed by atoms with Crippen molar-refractivity contribution in [1.29, 1.82) is 0 Å². The van der Waals surface area contributed by atoms with E-state index in [2.05, 4.69) is 4.90 Å². The minimum atomic E-state index is -0.0691. The van der Waals surface area contributed by atoms with Crippen molar-refractivity contribution < 1.29 is 9.84 Å². The molecule has 100 valence electrons. The summed E-state index contributed by atoms with van der Waals surface area (Å²) in [6.07, 6.45) is 8.78. The predicted octanol–water partition coefficient (Wildman–Crippen LogP) is 2.04. The highest BCUT2D eigenvalue weighted by Gasteiger charge is 2.26. The number of ether oxygens (including phenoxy) is 1. The maximum absolute atomic E-state index is 10.1. The number of methoxy groups -OCH3 is 1. The highest BCUT2D eigenvalue weighted by atomic mass is 16.5. The number of aliphatic hydroxyl groups is 1. The standard InChI is InChI=1S/C14H27NO2/c1-17-13-7-5-9-15(11-13)10-12-6-3-2-4-8-14(12)16/h12-14,16H,2-11H2,1H3. The third-order valence-electron chi connectivity index (χ3n) is 4.41. The van der Waals surface area contributed by atoms with E-state index in [1.165, 1.54) is 45.1 Å². The molecule has 1 aliphatic carbocycles. The summed E-state index contributed by atoms with van der Waals surface area (Å²) in [6.45, 7) is 3.31. The Hall–Kier alpha value is -0.120. The van der Waals surface area contributed by atoms with Crippen LogP contribution in [0.2, 0.25) is 0 Å². The van der Waals surface area contributed by atoms with Gasteiger partial charge in [0.15, 0.2) is 0 Å². The highest BCUT2D eigenvalue weighted by Crippen LogP contribution is 2.25. The topological polar surface area (TPSA) is 32.7 Å². The van der Waals surface area contributed by atoms with Crippen molar-refractivity contribution in [2.75, 3.05) is 26.7 Å². The Balaban J connectivity index is 1.81. The van der Waals surface area contributed by atoms with E-state index in [9.17, 15) is 5.11 Å². The summed E-state index contributed by atoms with van der Waals surface area (Å²) in [5.41, 5.74) is 0. The zero-order valence-corrected chi connectivity index (χ0v) is 11.1. The highest BCUT2D eigenvalue weighted by molar-refractivity contribution is 4.80. The molecule has 0 radical (unpaired) electrons. The van der Waals surface area contributed by atoms with E-state index in [1.807, 2.05) is 7.11 Å². The van der Waals surface area contributed by atoms with Gasteiger partial charge in [0, 0.05) is 20.2 Å². The van der Waals surface area contributed by atoms with E-state index in [-0.39, 0.29) is 6.10 Å². The molecule has 0 aromatic carbocycles. The van der Waals surface area contributed by atoms with E-state index in [0.717, 1.165) is 19.5 Å². The second-order valence-electron chi connectivity index (χ2n) is 5.72. The van der Waals surface area contributed by atoms with Crippen LogP contribution in [0.25, 0.3) is 0 Å². The van der Waals surface area contributed by atoms with Gasteiger partial charge in [-0.25, -0.2) is 0 Å². The Morgan fingerprint density at radius 3 is 2.76 bits per heavy atom. The summed E-state index contributed by atoms with van der Waals surface area (Å²) in [6, 6.07) is 0. The molecule has 2 fully saturated rings. The zero-order valence-electron chi connectivity index (χ0n) is 11.1. The van der Waals surface area contributed by atoms with Gasteiger partial charge in [-0.05, 0) is 38.1 Å². The lowest BCUT2D eigenvalue weighted by Gasteiger charge is -2.35. The molecule has 17 heavy (non-hydrogen) atoms. The summed E-state index contributed by atoms with van der Waals surface area (Å²) < 4.78 is 5.46. The zero-order chi connectivity index (χ0) is 12.1. The Morgan fingerprint density at radius 1 is 1.12 bits per heavy atom. The molecule has 2 aliphatic rings. The monoisotopic (exact) mass is 241 g/mol. The van der Waals surface area contributed by atoms with Crippen LogP contribution < -0.4 is 0 Å². The van der Waals surface area contributed by atoms with Crippen molar-refractivity contribution in [3.8, 4) is 0 Å². The van der Waals surface area contributed by atoms with E-state index >= 15 is 0 Å². The van der Waals surface area contributed by atoms with Crippen LogP contribution in [0.4, 0.5) is 0 Å². The van der Waals surface area contributed by atoms with Gasteiger partial charge in [0.25, 0.3) is 0 Å². The Bertz CT molecular complexity index is 222. The average molecular weight is 241 g/mol. The molecule has 3 unspecified atom stereocenters. The van der Waals surface area contributed by atoms with Crippen molar-refractivity contribution in [3.05, 3.63) is 0 Å². The van der Waals surface area contributed by atoms with Crippen molar-refractivity contribution in [2.45, 2.75) is 57.2 Å².